The highest BCUT2D eigenvalue weighted by atomic mass is 127. The van der Waals surface area contributed by atoms with Crippen LogP contribution in [0.15, 0.2) is 30.5 Å². The van der Waals surface area contributed by atoms with Gasteiger partial charge in [0.05, 0.1) is 15.1 Å². The molecule has 1 aromatic rings. The lowest BCUT2D eigenvalue weighted by atomic mass is 10.1. The molecule has 2 rings (SSSR count). The van der Waals surface area contributed by atoms with Crippen LogP contribution in [0.25, 0.3) is 0 Å². The first-order chi connectivity index (χ1) is 7.31. The van der Waals surface area contributed by atoms with E-state index in [0.29, 0.717) is 10.6 Å². The Morgan fingerprint density at radius 2 is 2.33 bits per heavy atom. The quantitative estimate of drug-likeness (QED) is 0.488. The van der Waals surface area contributed by atoms with Gasteiger partial charge in [-0.15, -0.1) is 0 Å². The van der Waals surface area contributed by atoms with Crippen molar-refractivity contribution in [3.05, 3.63) is 46.6 Å². The molecule has 0 atom stereocenters. The zero-order valence-corrected chi connectivity index (χ0v) is 10.7. The maximum absolute atomic E-state index is 8.76. The molecule has 0 spiro atoms. The number of hydrogen-bond donors (Lipinski definition) is 1. The molecule has 76 valence electrons. The Morgan fingerprint density at radius 1 is 1.47 bits per heavy atom. The van der Waals surface area contributed by atoms with E-state index < -0.39 is 0 Å². The van der Waals surface area contributed by atoms with Gasteiger partial charge in [0, 0.05) is 3.51 Å². The van der Waals surface area contributed by atoms with Crippen molar-refractivity contribution in [1.82, 2.24) is 5.32 Å². The number of hydrogen-bond acceptors (Lipinski definition) is 2. The van der Waals surface area contributed by atoms with Gasteiger partial charge in [-0.05, 0) is 30.0 Å². The molecule has 4 heteroatoms. The van der Waals surface area contributed by atoms with Crippen LogP contribution < -0.4 is 5.32 Å². The zero-order valence-electron chi connectivity index (χ0n) is 7.80. The smallest absolute Gasteiger partial charge is 0.101 e. The summed E-state index contributed by atoms with van der Waals surface area (Å²) >= 11 is 6.01. The number of benzene rings is 1. The fraction of sp³-hybridized carbons (Fsp3) is 0.0909. The molecule has 1 aliphatic rings. The molecule has 0 bridgehead atoms. The first-order valence-corrected chi connectivity index (χ1v) is 7.35. The van der Waals surface area contributed by atoms with Crippen LogP contribution in [0.5, 0.6) is 0 Å². The van der Waals surface area contributed by atoms with E-state index in [9.17, 15) is 0 Å². The normalized spacial score (nSPS) is 14.5. The summed E-state index contributed by atoms with van der Waals surface area (Å²) in [6.07, 6.45) is 4.05. The molecule has 1 N–H and O–H groups in total. The molecule has 1 heterocycles. The van der Waals surface area contributed by atoms with Crippen LogP contribution in [-0.4, -0.2) is 8.06 Å². The number of alkyl halides is 1. The van der Waals surface area contributed by atoms with Gasteiger partial charge in [0.1, 0.15) is 6.07 Å². The summed E-state index contributed by atoms with van der Waals surface area (Å²) < 4.78 is 2.42. The second-order valence-corrected chi connectivity index (χ2v) is 6.05. The summed E-state index contributed by atoms with van der Waals surface area (Å²) in [7, 11) is 0. The molecule has 1 aliphatic heterocycles. The van der Waals surface area contributed by atoms with E-state index in [1.54, 1.807) is 6.07 Å². The van der Waals surface area contributed by atoms with Crippen LogP contribution in [-0.2, 0) is 0 Å². The molecular formula is C11H8ClIN2. The summed E-state index contributed by atoms with van der Waals surface area (Å²) in [5.74, 6) is 0. The van der Waals surface area contributed by atoms with Gasteiger partial charge in [-0.1, -0.05) is 38.4 Å². The number of halogens is 2. The second-order valence-electron chi connectivity index (χ2n) is 2.96. The van der Waals surface area contributed by atoms with E-state index in [4.69, 9.17) is 16.9 Å². The number of nitrogens with zero attached hydrogens (tertiary/aromatic N) is 1. The Morgan fingerprint density at radius 3 is 2.93 bits per heavy atom. The van der Waals surface area contributed by atoms with Crippen molar-refractivity contribution in [2.24, 2.45) is 0 Å². The highest BCUT2D eigenvalue weighted by molar-refractivity contribution is 14.2. The first-order valence-electron chi connectivity index (χ1n) is 4.37. The van der Waals surface area contributed by atoms with Gasteiger partial charge in [0.2, 0.25) is 0 Å². The molecule has 0 aliphatic carbocycles. The second kappa shape index (κ2) is 4.77. The van der Waals surface area contributed by atoms with Crippen molar-refractivity contribution in [2.45, 2.75) is 0 Å². The minimum Gasteiger partial charge on any atom is -0.382 e. The van der Waals surface area contributed by atoms with Gasteiger partial charge >= 0.3 is 0 Å². The molecule has 0 amide bonds. The third-order valence-electron chi connectivity index (χ3n) is 2.00. The van der Waals surface area contributed by atoms with Gasteiger partial charge in [0.25, 0.3) is 0 Å². The monoisotopic (exact) mass is 330 g/mol. The Kier molecular flexibility index (Phi) is 3.39. The van der Waals surface area contributed by atoms with Crippen molar-refractivity contribution in [1.29, 1.82) is 5.26 Å². The van der Waals surface area contributed by atoms with E-state index in [2.05, 4.69) is 17.5 Å². The SMILES string of the molecule is N#Cc1ccc(C2=ICNC=C2)cc1Cl. The minimum atomic E-state index is 0.0202. The maximum atomic E-state index is 8.76. The van der Waals surface area contributed by atoms with Gasteiger partial charge in [-0.25, -0.2) is 0 Å². The van der Waals surface area contributed by atoms with Crippen molar-refractivity contribution < 1.29 is 0 Å². The zero-order chi connectivity index (χ0) is 10.7. The molecule has 0 aromatic heterocycles. The molecule has 0 radical (unpaired) electrons. The van der Waals surface area contributed by atoms with Crippen molar-refractivity contribution in [3.8, 4) is 6.07 Å². The number of nitriles is 1. The summed E-state index contributed by atoms with van der Waals surface area (Å²) in [6, 6.07) is 7.69. The van der Waals surface area contributed by atoms with Crippen molar-refractivity contribution in [2.75, 3.05) is 4.55 Å². The third-order valence-corrected chi connectivity index (χ3v) is 4.94. The standard InChI is InChI=1S/C11H8ClIN2/c12-10-5-8(1-2-9(10)6-14)11-3-4-15-7-13-11/h1-5,15H,7H2. The molecule has 2 nitrogen and oxygen atoms in total. The van der Waals surface area contributed by atoms with Crippen LogP contribution in [0.2, 0.25) is 5.02 Å². The third kappa shape index (κ3) is 2.39. The van der Waals surface area contributed by atoms with E-state index in [-0.39, 0.29) is 20.7 Å². The highest BCUT2D eigenvalue weighted by Crippen LogP contribution is 2.20. The van der Waals surface area contributed by atoms with Gasteiger partial charge in [0.15, 0.2) is 0 Å². The Hall–Kier alpha value is -0.860. The van der Waals surface area contributed by atoms with Gasteiger partial charge in [-0.3, -0.25) is 0 Å². The van der Waals surface area contributed by atoms with Crippen LogP contribution in [0.3, 0.4) is 0 Å². The average Bonchev–Trinajstić information content (AvgIpc) is 2.30. The number of nitrogens with one attached hydrogen (secondary N) is 1. The largest absolute Gasteiger partial charge is 0.382 e. The van der Waals surface area contributed by atoms with E-state index in [0.717, 1.165) is 10.1 Å². The lowest BCUT2D eigenvalue weighted by Crippen LogP contribution is -2.08. The predicted octanol–water partition coefficient (Wildman–Crippen LogP) is 2.78. The molecular weight excluding hydrogens is 322 g/mol. The molecule has 0 saturated carbocycles. The van der Waals surface area contributed by atoms with Crippen molar-refractivity contribution in [3.63, 3.8) is 0 Å². The van der Waals surface area contributed by atoms with Gasteiger partial charge < -0.3 is 5.32 Å². The Bertz CT molecular complexity index is 486. The number of rotatable bonds is 1. The summed E-state index contributed by atoms with van der Waals surface area (Å²) in [6.45, 7) is 0. The fourth-order valence-corrected chi connectivity index (χ4v) is 3.58. The molecule has 0 saturated heterocycles. The maximum Gasteiger partial charge on any atom is 0.101 e. The lowest BCUT2D eigenvalue weighted by molar-refractivity contribution is 1.09. The molecule has 0 unspecified atom stereocenters. The van der Waals surface area contributed by atoms with E-state index in [1.165, 1.54) is 3.51 Å². The van der Waals surface area contributed by atoms with Crippen molar-refractivity contribution >= 4 is 35.8 Å². The summed E-state index contributed by atoms with van der Waals surface area (Å²) in [5, 5.41) is 12.5. The summed E-state index contributed by atoms with van der Waals surface area (Å²) in [4.78, 5) is 0. The van der Waals surface area contributed by atoms with E-state index in [1.807, 2.05) is 18.3 Å². The fourth-order valence-electron chi connectivity index (χ4n) is 1.26. The average molecular weight is 331 g/mol. The number of allylic oxidation sites excluding steroid dienone is 1. The molecule has 15 heavy (non-hydrogen) atoms. The van der Waals surface area contributed by atoms with Crippen LogP contribution in [0.1, 0.15) is 11.1 Å². The topological polar surface area (TPSA) is 35.8 Å². The molecule has 0 fully saturated rings. The first kappa shape index (κ1) is 10.7. The van der Waals surface area contributed by atoms with Gasteiger partial charge in [-0.2, -0.15) is 5.26 Å². The predicted molar refractivity (Wildman–Crippen MR) is 71.4 cm³/mol. The van der Waals surface area contributed by atoms with Crippen LogP contribution in [0.4, 0.5) is 0 Å². The molecule has 1 aromatic carbocycles. The Labute approximate surface area is 103 Å². The minimum absolute atomic E-state index is 0.0202. The Balaban J connectivity index is 2.39. The summed E-state index contributed by atoms with van der Waals surface area (Å²) in [5.41, 5.74) is 1.68. The highest BCUT2D eigenvalue weighted by Gasteiger charge is 2.05. The van der Waals surface area contributed by atoms with E-state index >= 15 is 0 Å². The van der Waals surface area contributed by atoms with Crippen LogP contribution in [0, 0.1) is 11.3 Å². The van der Waals surface area contributed by atoms with Crippen LogP contribution >= 0.6 is 32.3 Å². The lowest BCUT2D eigenvalue weighted by Gasteiger charge is -2.08.